The van der Waals surface area contributed by atoms with E-state index in [1.807, 2.05) is 18.2 Å². The molecule has 3 aliphatic rings. The number of hydrogen-bond donors (Lipinski definition) is 4. The number of carboxylic acids is 4. The van der Waals surface area contributed by atoms with E-state index in [9.17, 15) is 41.1 Å². The van der Waals surface area contributed by atoms with E-state index >= 15 is 0 Å². The van der Waals surface area contributed by atoms with Crippen LogP contribution in [0.5, 0.6) is 11.5 Å². The van der Waals surface area contributed by atoms with Crippen molar-refractivity contribution in [3.05, 3.63) is 77.7 Å². The molecule has 18 heteroatoms. The molecular formula is C35H40F5N3O10. The lowest BCUT2D eigenvalue weighted by Crippen LogP contribution is -2.49. The number of benzene rings is 2. The van der Waals surface area contributed by atoms with Gasteiger partial charge in [-0.1, -0.05) is 12.1 Å². The third-order valence-electron chi connectivity index (χ3n) is 8.72. The van der Waals surface area contributed by atoms with Crippen LogP contribution in [0.25, 0.3) is 0 Å². The Labute approximate surface area is 301 Å². The molecule has 3 fully saturated rings. The Morgan fingerprint density at radius 1 is 0.698 bits per heavy atom. The number of hydrogen-bond acceptors (Lipinski definition) is 9. The summed E-state index contributed by atoms with van der Waals surface area (Å²) >= 11 is 0. The molecule has 2 aromatic rings. The van der Waals surface area contributed by atoms with Crippen LogP contribution in [0.3, 0.4) is 0 Å². The van der Waals surface area contributed by atoms with Gasteiger partial charge in [-0.3, -0.25) is 9.80 Å². The van der Waals surface area contributed by atoms with Gasteiger partial charge in [0.15, 0.2) is 5.75 Å². The molecule has 0 aliphatic carbocycles. The summed E-state index contributed by atoms with van der Waals surface area (Å²) in [6.45, 7) is 5.72. The lowest BCUT2D eigenvalue weighted by molar-refractivity contribution is -0.134. The number of methoxy groups -OCH3 is 1. The molecule has 3 saturated heterocycles. The Balaban J connectivity index is 0.000000395. The second-order valence-corrected chi connectivity index (χ2v) is 12.1. The number of aliphatic carboxylic acids is 4. The van der Waals surface area contributed by atoms with Crippen LogP contribution in [-0.4, -0.2) is 119 Å². The molecule has 3 aliphatic heterocycles. The molecule has 0 saturated carbocycles. The Bertz CT molecular complexity index is 1560. The molecule has 290 valence electrons. The summed E-state index contributed by atoms with van der Waals surface area (Å²) in [6.07, 6.45) is 5.56. The number of nitrogens with zero attached hydrogens (tertiary/aromatic N) is 3. The number of carboxylic acid groups (broad SMARTS) is 4. The predicted octanol–water partition coefficient (Wildman–Crippen LogP) is 4.40. The maximum absolute atomic E-state index is 14.1. The molecule has 13 nitrogen and oxygen atoms in total. The molecule has 0 aromatic heterocycles. The molecule has 53 heavy (non-hydrogen) atoms. The SMILES string of the molecule is COc1ccccc1N1CCN(CCCN2C3CCC2CC(Oc2c(F)c(F)c(F)c(F)c2F)C3)CC1.O=C(O)/C=C/C(=O)O.O=C(O)/C=C/C(=O)O. The first kappa shape index (κ1) is 42.2. The quantitative estimate of drug-likeness (QED) is 0.104. The third-order valence-corrected chi connectivity index (χ3v) is 8.72. The fourth-order valence-corrected chi connectivity index (χ4v) is 6.41. The highest BCUT2D eigenvalue weighted by atomic mass is 19.2. The molecule has 2 unspecified atom stereocenters. The zero-order valence-corrected chi connectivity index (χ0v) is 28.6. The summed E-state index contributed by atoms with van der Waals surface area (Å²) in [7, 11) is 1.69. The minimum atomic E-state index is -2.17. The van der Waals surface area contributed by atoms with Crippen LogP contribution in [0.1, 0.15) is 32.1 Å². The van der Waals surface area contributed by atoms with Crippen molar-refractivity contribution in [1.82, 2.24) is 9.80 Å². The number of piperazine rings is 1. The van der Waals surface area contributed by atoms with E-state index in [1.165, 1.54) is 0 Å². The van der Waals surface area contributed by atoms with E-state index < -0.39 is 64.8 Å². The molecule has 0 spiro atoms. The zero-order valence-electron chi connectivity index (χ0n) is 28.6. The number of rotatable bonds is 12. The van der Waals surface area contributed by atoms with E-state index in [-0.39, 0.29) is 12.1 Å². The molecule has 0 radical (unpaired) electrons. The van der Waals surface area contributed by atoms with E-state index in [0.717, 1.165) is 70.0 Å². The van der Waals surface area contributed by atoms with Gasteiger partial charge < -0.3 is 34.8 Å². The lowest BCUT2D eigenvalue weighted by atomic mass is 9.99. The predicted molar refractivity (Wildman–Crippen MR) is 178 cm³/mol. The van der Waals surface area contributed by atoms with Crippen LogP contribution in [0.4, 0.5) is 27.6 Å². The van der Waals surface area contributed by atoms with Crippen LogP contribution in [0.15, 0.2) is 48.6 Å². The fourth-order valence-electron chi connectivity index (χ4n) is 6.41. The topological polar surface area (TPSA) is 177 Å². The minimum Gasteiger partial charge on any atom is -0.495 e. The summed E-state index contributed by atoms with van der Waals surface area (Å²) < 4.78 is 79.5. The van der Waals surface area contributed by atoms with Crippen LogP contribution >= 0.6 is 0 Å². The van der Waals surface area contributed by atoms with Crippen molar-refractivity contribution in [2.75, 3.05) is 51.3 Å². The van der Waals surface area contributed by atoms with Crippen molar-refractivity contribution < 1.29 is 71.0 Å². The first-order valence-electron chi connectivity index (χ1n) is 16.4. The zero-order chi connectivity index (χ0) is 39.2. The highest BCUT2D eigenvalue weighted by Crippen LogP contribution is 2.39. The van der Waals surface area contributed by atoms with Gasteiger partial charge in [0.2, 0.25) is 29.1 Å². The van der Waals surface area contributed by atoms with Gasteiger partial charge in [0.05, 0.1) is 12.8 Å². The maximum atomic E-state index is 14.1. The van der Waals surface area contributed by atoms with Crippen molar-refractivity contribution in [2.24, 2.45) is 0 Å². The maximum Gasteiger partial charge on any atom is 0.328 e. The first-order valence-corrected chi connectivity index (χ1v) is 16.4. The average molecular weight is 758 g/mol. The molecule has 4 N–H and O–H groups in total. The highest BCUT2D eigenvalue weighted by Gasteiger charge is 2.42. The second-order valence-electron chi connectivity index (χ2n) is 12.1. The second kappa shape index (κ2) is 20.1. The van der Waals surface area contributed by atoms with Crippen molar-refractivity contribution in [3.8, 4) is 11.5 Å². The summed E-state index contributed by atoms with van der Waals surface area (Å²) in [5.74, 6) is -15.2. The summed E-state index contributed by atoms with van der Waals surface area (Å²) in [4.78, 5) is 45.5. The van der Waals surface area contributed by atoms with Gasteiger partial charge in [0.1, 0.15) is 11.9 Å². The fraction of sp³-hybridized carbons (Fsp3) is 0.429. The minimum absolute atomic E-state index is 0.187. The number of halogens is 5. The molecule has 0 amide bonds. The molecule has 3 heterocycles. The van der Waals surface area contributed by atoms with Crippen LogP contribution in [0, 0.1) is 29.1 Å². The smallest absolute Gasteiger partial charge is 0.328 e. The standard InChI is InChI=1S/C27H32F5N3O2.2C4H4O4/c1-36-21-6-3-2-5-20(21)34-13-11-33(12-14-34)9-4-10-35-17-7-8-18(35)16-19(15-17)37-27-25(31)23(29)22(28)24(30)26(27)32;2*5-3(6)1-2-4(7)8/h2-3,5-6,17-19H,4,7-16H2,1H3;2*1-2H,(H,5,6)(H,7,8)/b;2*2-1+. The lowest BCUT2D eigenvalue weighted by Gasteiger charge is -2.40. The van der Waals surface area contributed by atoms with Gasteiger partial charge >= 0.3 is 23.9 Å². The van der Waals surface area contributed by atoms with Crippen LogP contribution in [-0.2, 0) is 19.2 Å². The van der Waals surface area contributed by atoms with Crippen LogP contribution in [0.2, 0.25) is 0 Å². The largest absolute Gasteiger partial charge is 0.495 e. The van der Waals surface area contributed by atoms with Crippen molar-refractivity contribution in [2.45, 2.75) is 50.3 Å². The molecule has 2 atom stereocenters. The van der Waals surface area contributed by atoms with Gasteiger partial charge in [0, 0.05) is 62.6 Å². The van der Waals surface area contributed by atoms with Gasteiger partial charge in [-0.25, -0.2) is 32.3 Å². The Hall–Kier alpha value is -5.23. The number of carbonyl (C=O) groups is 4. The van der Waals surface area contributed by atoms with E-state index in [4.69, 9.17) is 29.9 Å². The number of anilines is 1. The van der Waals surface area contributed by atoms with E-state index in [1.54, 1.807) is 7.11 Å². The van der Waals surface area contributed by atoms with Gasteiger partial charge in [-0.15, -0.1) is 0 Å². The summed E-state index contributed by atoms with van der Waals surface area (Å²) in [5.41, 5.74) is 1.12. The number of ether oxygens (including phenoxy) is 2. The summed E-state index contributed by atoms with van der Waals surface area (Å²) in [5, 5.41) is 31.2. The Morgan fingerprint density at radius 2 is 1.15 bits per heavy atom. The van der Waals surface area contributed by atoms with E-state index in [2.05, 4.69) is 20.8 Å². The molecule has 2 aromatic carbocycles. The van der Waals surface area contributed by atoms with Crippen molar-refractivity contribution >= 4 is 29.6 Å². The van der Waals surface area contributed by atoms with Gasteiger partial charge in [0.25, 0.3) is 0 Å². The highest BCUT2D eigenvalue weighted by molar-refractivity contribution is 5.90. The number of piperidine rings is 1. The monoisotopic (exact) mass is 757 g/mol. The van der Waals surface area contributed by atoms with Crippen LogP contribution < -0.4 is 14.4 Å². The first-order chi connectivity index (χ1) is 25.1. The Kier molecular flexibility index (Phi) is 16.0. The normalized spacial score (nSPS) is 20.0. The Morgan fingerprint density at radius 3 is 1.60 bits per heavy atom. The molecule has 5 rings (SSSR count). The van der Waals surface area contributed by atoms with Gasteiger partial charge in [-0.2, -0.15) is 8.78 Å². The number of fused-ring (bicyclic) bond motifs is 2. The van der Waals surface area contributed by atoms with Gasteiger partial charge in [-0.05, 0) is 57.3 Å². The van der Waals surface area contributed by atoms with Crippen molar-refractivity contribution in [3.63, 3.8) is 0 Å². The third kappa shape index (κ3) is 12.5. The summed E-state index contributed by atoms with van der Waals surface area (Å²) in [6, 6.07) is 8.44. The van der Waals surface area contributed by atoms with E-state index in [0.29, 0.717) is 37.1 Å². The van der Waals surface area contributed by atoms with Crippen molar-refractivity contribution in [1.29, 1.82) is 0 Å². The molecule has 2 bridgehead atoms. The average Bonchev–Trinajstić information content (AvgIpc) is 3.37. The number of para-hydroxylation sites is 2. The molecular weight excluding hydrogens is 717 g/mol.